The second kappa shape index (κ2) is 7.38. The van der Waals surface area contributed by atoms with Crippen molar-refractivity contribution in [3.05, 3.63) is 65.4 Å². The molecule has 112 valence electrons. The number of benzene rings is 1. The normalized spacial score (nSPS) is 12.2. The molecule has 1 atom stereocenters. The second-order valence-corrected chi connectivity index (χ2v) is 7.17. The van der Waals surface area contributed by atoms with Crippen LogP contribution in [0.3, 0.4) is 0 Å². The van der Waals surface area contributed by atoms with Crippen LogP contribution in [0.2, 0.25) is 0 Å². The first kappa shape index (κ1) is 15.0. The van der Waals surface area contributed by atoms with Crippen molar-refractivity contribution in [3.8, 4) is 10.8 Å². The minimum absolute atomic E-state index is 0.482. The highest BCUT2D eigenvalue weighted by molar-refractivity contribution is 7.84. The third kappa shape index (κ3) is 4.05. The fourth-order valence-corrected chi connectivity index (χ4v) is 3.95. The smallest absolute Gasteiger partial charge is 0.188 e. The molecule has 3 rings (SSSR count). The van der Waals surface area contributed by atoms with E-state index < -0.39 is 10.8 Å². The summed E-state index contributed by atoms with van der Waals surface area (Å²) in [4.78, 5) is 12.8. The van der Waals surface area contributed by atoms with Gasteiger partial charge in [-0.25, -0.2) is 15.0 Å². The average molecular weight is 329 g/mol. The Hall–Kier alpha value is -1.92. The van der Waals surface area contributed by atoms with Gasteiger partial charge in [-0.05, 0) is 18.1 Å². The highest BCUT2D eigenvalue weighted by Crippen LogP contribution is 2.20. The molecule has 4 nitrogen and oxygen atoms in total. The third-order valence-corrected chi connectivity index (χ3v) is 5.24. The first-order valence-electron chi connectivity index (χ1n) is 6.92. The predicted molar refractivity (Wildman–Crippen MR) is 90.0 cm³/mol. The lowest BCUT2D eigenvalue weighted by Crippen LogP contribution is -2.04. The summed E-state index contributed by atoms with van der Waals surface area (Å²) in [5.74, 6) is 1.75. The number of aromatic nitrogens is 3. The molecule has 3 aromatic rings. The zero-order chi connectivity index (χ0) is 15.2. The maximum atomic E-state index is 12.2. The van der Waals surface area contributed by atoms with Crippen molar-refractivity contribution < 1.29 is 4.21 Å². The Labute approximate surface area is 135 Å². The quantitative estimate of drug-likeness (QED) is 0.697. The van der Waals surface area contributed by atoms with E-state index in [1.807, 2.05) is 23.6 Å². The molecule has 0 aliphatic rings. The highest BCUT2D eigenvalue weighted by atomic mass is 32.2. The Morgan fingerprint density at radius 3 is 2.59 bits per heavy atom. The van der Waals surface area contributed by atoms with Crippen molar-refractivity contribution in [1.29, 1.82) is 0 Å². The Morgan fingerprint density at radius 2 is 1.82 bits per heavy atom. The molecular weight excluding hydrogens is 314 g/mol. The second-order valence-electron chi connectivity index (χ2n) is 4.74. The molecule has 0 radical (unpaired) electrons. The molecule has 0 bridgehead atoms. The van der Waals surface area contributed by atoms with Crippen LogP contribution in [-0.4, -0.2) is 24.9 Å². The molecule has 2 heterocycles. The van der Waals surface area contributed by atoms with Crippen molar-refractivity contribution >= 4 is 22.1 Å². The SMILES string of the molecule is O=[S@@](CCc1ccccc1)Cc1csc(-c2ncccn2)n1. The van der Waals surface area contributed by atoms with Crippen LogP contribution in [0.15, 0.2) is 54.2 Å². The van der Waals surface area contributed by atoms with Gasteiger partial charge in [-0.15, -0.1) is 11.3 Å². The monoisotopic (exact) mass is 329 g/mol. The molecule has 0 aliphatic heterocycles. The van der Waals surface area contributed by atoms with Gasteiger partial charge in [0.25, 0.3) is 0 Å². The Balaban J connectivity index is 1.57. The number of hydrogen-bond donors (Lipinski definition) is 0. The Bertz CT molecular complexity index is 744. The van der Waals surface area contributed by atoms with E-state index >= 15 is 0 Å². The fraction of sp³-hybridized carbons (Fsp3) is 0.188. The molecule has 0 N–H and O–H groups in total. The summed E-state index contributed by atoms with van der Waals surface area (Å²) in [6.45, 7) is 0. The number of nitrogens with zero attached hydrogens (tertiary/aromatic N) is 3. The van der Waals surface area contributed by atoms with Gasteiger partial charge >= 0.3 is 0 Å². The van der Waals surface area contributed by atoms with E-state index in [0.29, 0.717) is 17.3 Å². The van der Waals surface area contributed by atoms with Gasteiger partial charge in [-0.3, -0.25) is 4.21 Å². The maximum absolute atomic E-state index is 12.2. The lowest BCUT2D eigenvalue weighted by Gasteiger charge is -2.01. The van der Waals surface area contributed by atoms with Crippen molar-refractivity contribution in [2.45, 2.75) is 12.2 Å². The van der Waals surface area contributed by atoms with Crippen LogP contribution in [0.1, 0.15) is 11.3 Å². The summed E-state index contributed by atoms with van der Waals surface area (Å²) in [7, 11) is -0.911. The molecule has 0 fully saturated rings. The first-order valence-corrected chi connectivity index (χ1v) is 9.29. The van der Waals surface area contributed by atoms with Crippen LogP contribution in [-0.2, 0) is 23.0 Å². The lowest BCUT2D eigenvalue weighted by atomic mass is 10.2. The van der Waals surface area contributed by atoms with Crippen LogP contribution in [0.5, 0.6) is 0 Å². The third-order valence-electron chi connectivity index (χ3n) is 3.08. The van der Waals surface area contributed by atoms with Crippen molar-refractivity contribution in [2.75, 3.05) is 5.75 Å². The molecule has 0 amide bonds. The summed E-state index contributed by atoms with van der Waals surface area (Å²) in [6, 6.07) is 11.9. The summed E-state index contributed by atoms with van der Waals surface area (Å²) >= 11 is 1.49. The minimum Gasteiger partial charge on any atom is -0.259 e. The molecule has 1 aromatic carbocycles. The highest BCUT2D eigenvalue weighted by Gasteiger charge is 2.09. The molecule has 2 aromatic heterocycles. The van der Waals surface area contributed by atoms with Crippen LogP contribution >= 0.6 is 11.3 Å². The van der Waals surface area contributed by atoms with Gasteiger partial charge in [0.1, 0.15) is 0 Å². The number of aryl methyl sites for hydroxylation is 1. The van der Waals surface area contributed by atoms with Crippen molar-refractivity contribution in [3.63, 3.8) is 0 Å². The van der Waals surface area contributed by atoms with E-state index in [1.54, 1.807) is 18.5 Å². The topological polar surface area (TPSA) is 55.7 Å². The molecule has 22 heavy (non-hydrogen) atoms. The summed E-state index contributed by atoms with van der Waals surface area (Å²) in [5.41, 5.74) is 2.06. The van der Waals surface area contributed by atoms with E-state index in [4.69, 9.17) is 0 Å². The molecule has 0 unspecified atom stereocenters. The summed E-state index contributed by atoms with van der Waals surface area (Å²) < 4.78 is 12.2. The van der Waals surface area contributed by atoms with E-state index in [9.17, 15) is 4.21 Å². The van der Waals surface area contributed by atoms with Crippen molar-refractivity contribution in [2.24, 2.45) is 0 Å². The summed E-state index contributed by atoms with van der Waals surface area (Å²) in [6.07, 6.45) is 4.22. The van der Waals surface area contributed by atoms with E-state index in [1.165, 1.54) is 16.9 Å². The Morgan fingerprint density at radius 1 is 1.05 bits per heavy atom. The average Bonchev–Trinajstić information content (AvgIpc) is 3.03. The zero-order valence-corrected chi connectivity index (χ0v) is 13.5. The maximum Gasteiger partial charge on any atom is 0.188 e. The Kier molecular flexibility index (Phi) is 5.03. The molecular formula is C16H15N3OS2. The molecule has 0 spiro atoms. The largest absolute Gasteiger partial charge is 0.259 e. The molecule has 0 saturated carbocycles. The number of hydrogen-bond acceptors (Lipinski definition) is 5. The van der Waals surface area contributed by atoms with E-state index in [0.717, 1.165) is 17.1 Å². The van der Waals surface area contributed by atoms with Crippen molar-refractivity contribution in [1.82, 2.24) is 15.0 Å². The summed E-state index contributed by atoms with van der Waals surface area (Å²) in [5, 5.41) is 2.71. The van der Waals surface area contributed by atoms with E-state index in [-0.39, 0.29) is 0 Å². The lowest BCUT2D eigenvalue weighted by molar-refractivity contribution is 0.681. The molecule has 0 aliphatic carbocycles. The van der Waals surface area contributed by atoms with Gasteiger partial charge in [-0.2, -0.15) is 0 Å². The van der Waals surface area contributed by atoms with Gasteiger partial charge < -0.3 is 0 Å². The van der Waals surface area contributed by atoms with Gasteiger partial charge in [0.15, 0.2) is 10.8 Å². The number of thiazole rings is 1. The fourth-order valence-electron chi connectivity index (χ4n) is 2.00. The standard InChI is InChI=1S/C16H15N3OS2/c20-22(10-7-13-5-2-1-3-6-13)12-14-11-21-16(19-14)15-17-8-4-9-18-15/h1-6,8-9,11H,7,10,12H2/t22-/m0/s1. The molecule has 6 heteroatoms. The van der Waals surface area contributed by atoms with Crippen LogP contribution in [0.4, 0.5) is 0 Å². The van der Waals surface area contributed by atoms with Gasteiger partial charge in [0, 0.05) is 34.3 Å². The van der Waals surface area contributed by atoms with E-state index in [2.05, 4.69) is 27.1 Å². The van der Waals surface area contributed by atoms with Gasteiger partial charge in [0.2, 0.25) is 0 Å². The van der Waals surface area contributed by atoms with Crippen LogP contribution in [0, 0.1) is 0 Å². The number of rotatable bonds is 6. The van der Waals surface area contributed by atoms with Gasteiger partial charge in [-0.1, -0.05) is 30.3 Å². The van der Waals surface area contributed by atoms with Gasteiger partial charge in [0.05, 0.1) is 11.4 Å². The molecule has 0 saturated heterocycles. The minimum atomic E-state index is -0.911. The predicted octanol–water partition coefficient (Wildman–Crippen LogP) is 3.09. The van der Waals surface area contributed by atoms with Crippen LogP contribution < -0.4 is 0 Å². The first-order chi connectivity index (χ1) is 10.8. The zero-order valence-electron chi connectivity index (χ0n) is 11.9. The van der Waals surface area contributed by atoms with Crippen LogP contribution in [0.25, 0.3) is 10.8 Å².